The van der Waals surface area contributed by atoms with E-state index in [9.17, 15) is 5.11 Å². The van der Waals surface area contributed by atoms with Crippen LogP contribution in [0.4, 0.5) is 0 Å². The SMILES string of the molecule is Cc1nc(SC[C@H](O)COc2ccccc2)c2c3c(sc2n1)CCC3. The smallest absolute Gasteiger partial charge is 0.128 e. The number of rotatable bonds is 6. The molecule has 0 saturated heterocycles. The molecule has 0 aliphatic heterocycles. The molecule has 25 heavy (non-hydrogen) atoms. The second kappa shape index (κ2) is 7.32. The molecule has 0 fully saturated rings. The maximum absolute atomic E-state index is 10.3. The van der Waals surface area contributed by atoms with Gasteiger partial charge in [-0.25, -0.2) is 9.97 Å². The van der Waals surface area contributed by atoms with Crippen molar-refractivity contribution in [1.82, 2.24) is 9.97 Å². The van der Waals surface area contributed by atoms with E-state index in [2.05, 4.69) is 9.97 Å². The molecule has 1 aromatic carbocycles. The lowest BCUT2D eigenvalue weighted by Gasteiger charge is -2.12. The zero-order valence-electron chi connectivity index (χ0n) is 14.1. The molecular formula is C19H20N2O2S2. The molecule has 130 valence electrons. The summed E-state index contributed by atoms with van der Waals surface area (Å²) >= 11 is 3.41. The Kier molecular flexibility index (Phi) is 4.92. The molecule has 1 aliphatic rings. The number of aryl methyl sites for hydroxylation is 3. The summed E-state index contributed by atoms with van der Waals surface area (Å²) in [6, 6.07) is 9.58. The van der Waals surface area contributed by atoms with E-state index in [1.54, 1.807) is 23.1 Å². The molecule has 0 spiro atoms. The minimum Gasteiger partial charge on any atom is -0.491 e. The molecule has 4 nitrogen and oxygen atoms in total. The van der Waals surface area contributed by atoms with Crippen molar-refractivity contribution in [2.45, 2.75) is 37.3 Å². The minimum atomic E-state index is -0.540. The van der Waals surface area contributed by atoms with E-state index >= 15 is 0 Å². The van der Waals surface area contributed by atoms with Crippen LogP contribution in [0, 0.1) is 6.92 Å². The van der Waals surface area contributed by atoms with Gasteiger partial charge in [-0.15, -0.1) is 23.1 Å². The number of thioether (sulfide) groups is 1. The van der Waals surface area contributed by atoms with Gasteiger partial charge in [-0.2, -0.15) is 0 Å². The van der Waals surface area contributed by atoms with Gasteiger partial charge in [-0.1, -0.05) is 18.2 Å². The number of para-hydroxylation sites is 1. The number of benzene rings is 1. The number of ether oxygens (including phenoxy) is 1. The summed E-state index contributed by atoms with van der Waals surface area (Å²) in [5.74, 6) is 2.13. The Bertz CT molecular complexity index is 880. The van der Waals surface area contributed by atoms with Crippen molar-refractivity contribution < 1.29 is 9.84 Å². The summed E-state index contributed by atoms with van der Waals surface area (Å²) in [6.45, 7) is 2.22. The Balaban J connectivity index is 1.45. The first kappa shape index (κ1) is 16.8. The summed E-state index contributed by atoms with van der Waals surface area (Å²) in [5, 5.41) is 12.5. The van der Waals surface area contributed by atoms with Gasteiger partial charge in [0, 0.05) is 16.0 Å². The highest BCUT2D eigenvalue weighted by molar-refractivity contribution is 7.99. The lowest BCUT2D eigenvalue weighted by Crippen LogP contribution is -2.20. The van der Waals surface area contributed by atoms with E-state index in [0.29, 0.717) is 5.75 Å². The van der Waals surface area contributed by atoms with E-state index < -0.39 is 6.10 Å². The van der Waals surface area contributed by atoms with Crippen molar-refractivity contribution in [2.24, 2.45) is 0 Å². The molecule has 0 saturated carbocycles. The highest BCUT2D eigenvalue weighted by Gasteiger charge is 2.22. The number of aliphatic hydroxyl groups is 1. The number of nitrogens with zero attached hydrogens (tertiary/aromatic N) is 2. The maximum atomic E-state index is 10.3. The number of aromatic nitrogens is 2. The van der Waals surface area contributed by atoms with Gasteiger partial charge in [-0.05, 0) is 43.9 Å². The van der Waals surface area contributed by atoms with E-state index in [1.807, 2.05) is 37.3 Å². The zero-order chi connectivity index (χ0) is 17.2. The molecule has 1 aliphatic carbocycles. The van der Waals surface area contributed by atoms with E-state index in [-0.39, 0.29) is 6.61 Å². The monoisotopic (exact) mass is 372 g/mol. The predicted molar refractivity (Wildman–Crippen MR) is 103 cm³/mol. The molecule has 1 N–H and O–H groups in total. The molecule has 6 heteroatoms. The van der Waals surface area contributed by atoms with Crippen molar-refractivity contribution >= 4 is 33.3 Å². The van der Waals surface area contributed by atoms with Crippen LogP contribution in [0.1, 0.15) is 22.7 Å². The lowest BCUT2D eigenvalue weighted by atomic mass is 10.2. The van der Waals surface area contributed by atoms with Gasteiger partial charge < -0.3 is 9.84 Å². The van der Waals surface area contributed by atoms with E-state index in [0.717, 1.165) is 34.3 Å². The fourth-order valence-electron chi connectivity index (χ4n) is 3.10. The Morgan fingerprint density at radius 3 is 2.92 bits per heavy atom. The van der Waals surface area contributed by atoms with Crippen LogP contribution in [-0.4, -0.2) is 33.5 Å². The van der Waals surface area contributed by atoms with Gasteiger partial charge in [0.05, 0.1) is 6.10 Å². The Morgan fingerprint density at radius 2 is 2.08 bits per heavy atom. The molecule has 0 amide bonds. The van der Waals surface area contributed by atoms with Gasteiger partial charge in [0.25, 0.3) is 0 Å². The number of aliphatic hydroxyl groups excluding tert-OH is 1. The number of hydrogen-bond acceptors (Lipinski definition) is 6. The fourth-order valence-corrected chi connectivity index (χ4v) is 5.48. The number of fused-ring (bicyclic) bond motifs is 3. The summed E-state index contributed by atoms with van der Waals surface area (Å²) < 4.78 is 5.63. The quantitative estimate of drug-likeness (QED) is 0.523. The van der Waals surface area contributed by atoms with Crippen LogP contribution >= 0.6 is 23.1 Å². The van der Waals surface area contributed by atoms with Crippen molar-refractivity contribution in [3.63, 3.8) is 0 Å². The predicted octanol–water partition coefficient (Wildman–Crippen LogP) is 4.02. The summed E-state index contributed by atoms with van der Waals surface area (Å²) in [5.41, 5.74) is 1.43. The van der Waals surface area contributed by atoms with Gasteiger partial charge in [-0.3, -0.25) is 0 Å². The standard InChI is InChI=1S/C19H20N2O2S2/c1-12-20-18(17-15-8-5-9-16(15)25-19(17)21-12)24-11-13(22)10-23-14-6-3-2-4-7-14/h2-4,6-7,13,22H,5,8-11H2,1H3/t13-/m1/s1. The van der Waals surface area contributed by atoms with Crippen LogP contribution in [0.25, 0.3) is 10.2 Å². The Hall–Kier alpha value is -1.63. The third kappa shape index (κ3) is 3.66. The van der Waals surface area contributed by atoms with Crippen molar-refractivity contribution in [3.05, 3.63) is 46.6 Å². The third-order valence-electron chi connectivity index (χ3n) is 4.24. The van der Waals surface area contributed by atoms with E-state index in [1.165, 1.54) is 22.2 Å². The summed E-state index contributed by atoms with van der Waals surface area (Å²) in [4.78, 5) is 11.8. The molecule has 0 radical (unpaired) electrons. The Labute approximate surface area is 155 Å². The largest absolute Gasteiger partial charge is 0.491 e. The van der Waals surface area contributed by atoms with Gasteiger partial charge >= 0.3 is 0 Å². The average molecular weight is 373 g/mol. The molecule has 0 bridgehead atoms. The van der Waals surface area contributed by atoms with Crippen molar-refractivity contribution in [2.75, 3.05) is 12.4 Å². The molecule has 0 unspecified atom stereocenters. The normalized spacial score (nSPS) is 14.6. The fraction of sp³-hybridized carbons (Fsp3) is 0.368. The van der Waals surface area contributed by atoms with Crippen LogP contribution in [0.15, 0.2) is 35.4 Å². The maximum Gasteiger partial charge on any atom is 0.128 e. The van der Waals surface area contributed by atoms with Crippen molar-refractivity contribution in [3.8, 4) is 5.75 Å². The van der Waals surface area contributed by atoms with Crippen LogP contribution in [0.5, 0.6) is 5.75 Å². The number of hydrogen-bond donors (Lipinski definition) is 1. The van der Waals surface area contributed by atoms with Crippen LogP contribution in [-0.2, 0) is 12.8 Å². The third-order valence-corrected chi connectivity index (χ3v) is 6.55. The van der Waals surface area contributed by atoms with Crippen LogP contribution in [0.2, 0.25) is 0 Å². The van der Waals surface area contributed by atoms with E-state index in [4.69, 9.17) is 4.74 Å². The molecule has 1 atom stereocenters. The summed E-state index contributed by atoms with van der Waals surface area (Å²) in [6.07, 6.45) is 2.97. The first-order valence-corrected chi connectivity index (χ1v) is 10.3. The molecule has 2 aromatic heterocycles. The molecule has 3 aromatic rings. The molecule has 2 heterocycles. The Morgan fingerprint density at radius 1 is 1.24 bits per heavy atom. The first-order chi connectivity index (χ1) is 12.2. The minimum absolute atomic E-state index is 0.284. The van der Waals surface area contributed by atoms with Gasteiger partial charge in [0.15, 0.2) is 0 Å². The molecular weight excluding hydrogens is 352 g/mol. The summed E-state index contributed by atoms with van der Waals surface area (Å²) in [7, 11) is 0. The second-order valence-corrected chi connectivity index (χ2v) is 8.29. The van der Waals surface area contributed by atoms with Crippen LogP contribution in [0.3, 0.4) is 0 Å². The molecule has 4 rings (SSSR count). The highest BCUT2D eigenvalue weighted by Crippen LogP contribution is 2.40. The number of thiophene rings is 1. The average Bonchev–Trinajstić information content (AvgIpc) is 3.19. The zero-order valence-corrected chi connectivity index (χ0v) is 15.7. The van der Waals surface area contributed by atoms with Gasteiger partial charge in [0.2, 0.25) is 0 Å². The van der Waals surface area contributed by atoms with Crippen molar-refractivity contribution in [1.29, 1.82) is 0 Å². The first-order valence-electron chi connectivity index (χ1n) is 8.48. The topological polar surface area (TPSA) is 55.2 Å². The van der Waals surface area contributed by atoms with Crippen LogP contribution < -0.4 is 4.74 Å². The van der Waals surface area contributed by atoms with Gasteiger partial charge in [0.1, 0.15) is 28.0 Å². The second-order valence-electron chi connectivity index (χ2n) is 6.20. The highest BCUT2D eigenvalue weighted by atomic mass is 32.2. The lowest BCUT2D eigenvalue weighted by molar-refractivity contribution is 0.126.